The third-order valence-electron chi connectivity index (χ3n) is 3.29. The second-order valence-corrected chi connectivity index (χ2v) is 6.11. The van der Waals surface area contributed by atoms with E-state index in [1.54, 1.807) is 0 Å². The van der Waals surface area contributed by atoms with Crippen molar-refractivity contribution >= 4 is 12.1 Å². The van der Waals surface area contributed by atoms with Gasteiger partial charge in [0.1, 0.15) is 12.6 Å². The van der Waals surface area contributed by atoms with Crippen LogP contribution in [0.1, 0.15) is 38.7 Å². The lowest BCUT2D eigenvalue weighted by Crippen LogP contribution is -2.33. The number of hydrogen-bond acceptors (Lipinski definition) is 5. The van der Waals surface area contributed by atoms with Crippen molar-refractivity contribution in [3.8, 4) is 0 Å². The first-order chi connectivity index (χ1) is 11.5. The molecule has 1 amide bonds. The minimum absolute atomic E-state index is 0.249. The number of amides is 1. The van der Waals surface area contributed by atoms with E-state index in [9.17, 15) is 9.59 Å². The molecule has 0 unspecified atom stereocenters. The van der Waals surface area contributed by atoms with Crippen LogP contribution in [-0.2, 0) is 20.9 Å². The van der Waals surface area contributed by atoms with Crippen LogP contribution in [0.25, 0.3) is 0 Å². The summed E-state index contributed by atoms with van der Waals surface area (Å²) in [4.78, 5) is 23.1. The quantitative estimate of drug-likeness (QED) is 0.506. The summed E-state index contributed by atoms with van der Waals surface area (Å²) in [5.74, 6) is -0.0637. The van der Waals surface area contributed by atoms with Gasteiger partial charge in [0.15, 0.2) is 0 Å². The van der Waals surface area contributed by atoms with Crippen LogP contribution in [0.3, 0.4) is 0 Å². The fourth-order valence-electron chi connectivity index (χ4n) is 1.93. The van der Waals surface area contributed by atoms with E-state index in [4.69, 9.17) is 15.2 Å². The van der Waals surface area contributed by atoms with Gasteiger partial charge < -0.3 is 20.5 Å². The number of carbonyl (C=O) groups excluding carboxylic acids is 2. The largest absolute Gasteiger partial charge is 0.464 e. The van der Waals surface area contributed by atoms with Gasteiger partial charge in [-0.05, 0) is 30.7 Å². The number of benzene rings is 1. The number of hydrogen-bond donors (Lipinski definition) is 2. The molecule has 134 valence electrons. The van der Waals surface area contributed by atoms with E-state index in [0.717, 1.165) is 18.4 Å². The zero-order valence-electron chi connectivity index (χ0n) is 14.5. The fraction of sp³-hybridized carbons (Fsp3) is 0.556. The molecule has 0 aliphatic carbocycles. The van der Waals surface area contributed by atoms with Crippen LogP contribution in [0.4, 0.5) is 4.79 Å². The van der Waals surface area contributed by atoms with Gasteiger partial charge >= 0.3 is 12.1 Å². The predicted octanol–water partition coefficient (Wildman–Crippen LogP) is 2.61. The molecule has 6 nitrogen and oxygen atoms in total. The Morgan fingerprint density at radius 3 is 2.50 bits per heavy atom. The minimum atomic E-state index is -0.603. The van der Waals surface area contributed by atoms with Crippen LogP contribution >= 0.6 is 0 Å². The molecule has 0 saturated heterocycles. The van der Waals surface area contributed by atoms with Crippen molar-refractivity contribution in [2.24, 2.45) is 11.7 Å². The highest BCUT2D eigenvalue weighted by Gasteiger charge is 2.14. The van der Waals surface area contributed by atoms with E-state index >= 15 is 0 Å². The molecule has 0 aromatic heterocycles. The summed E-state index contributed by atoms with van der Waals surface area (Å²) >= 11 is 0. The molecule has 0 fully saturated rings. The molecule has 1 aromatic rings. The number of esters is 1. The molecule has 0 aliphatic heterocycles. The molecule has 0 radical (unpaired) electrons. The predicted molar refractivity (Wildman–Crippen MR) is 92.3 cm³/mol. The topological polar surface area (TPSA) is 90.6 Å². The standard InChI is InChI=1S/C18H28N2O4/c1-14(2)12-23-17(21)16(19)10-6-7-11-20-18(22)24-13-15-8-4-3-5-9-15/h3-5,8-9,14,16H,6-7,10-13,19H2,1-2H3,(H,20,22)/t16-/m0/s1. The summed E-state index contributed by atoms with van der Waals surface area (Å²) in [7, 11) is 0. The zero-order chi connectivity index (χ0) is 17.8. The highest BCUT2D eigenvalue weighted by molar-refractivity contribution is 5.75. The van der Waals surface area contributed by atoms with Gasteiger partial charge in [0, 0.05) is 6.54 Å². The summed E-state index contributed by atoms with van der Waals surface area (Å²) in [6.07, 6.45) is 1.56. The number of nitrogens with one attached hydrogen (secondary N) is 1. The monoisotopic (exact) mass is 336 g/mol. The maximum absolute atomic E-state index is 11.6. The second kappa shape index (κ2) is 11.5. The Hall–Kier alpha value is -2.08. The van der Waals surface area contributed by atoms with Gasteiger partial charge in [-0.25, -0.2) is 4.79 Å². The summed E-state index contributed by atoms with van der Waals surface area (Å²) in [6, 6.07) is 8.89. The zero-order valence-corrected chi connectivity index (χ0v) is 14.5. The molecule has 24 heavy (non-hydrogen) atoms. The number of nitrogens with two attached hydrogens (primary N) is 1. The molecule has 0 saturated carbocycles. The minimum Gasteiger partial charge on any atom is -0.464 e. The fourth-order valence-corrected chi connectivity index (χ4v) is 1.93. The van der Waals surface area contributed by atoms with Gasteiger partial charge in [0.2, 0.25) is 0 Å². The molecule has 0 bridgehead atoms. The van der Waals surface area contributed by atoms with Crippen molar-refractivity contribution < 1.29 is 19.1 Å². The normalized spacial score (nSPS) is 11.8. The summed E-state index contributed by atoms with van der Waals surface area (Å²) < 4.78 is 10.2. The smallest absolute Gasteiger partial charge is 0.407 e. The van der Waals surface area contributed by atoms with Crippen molar-refractivity contribution in [3.05, 3.63) is 35.9 Å². The van der Waals surface area contributed by atoms with E-state index in [2.05, 4.69) is 5.32 Å². The molecule has 1 rings (SSSR count). The van der Waals surface area contributed by atoms with E-state index in [0.29, 0.717) is 25.5 Å². The second-order valence-electron chi connectivity index (χ2n) is 6.11. The molecular weight excluding hydrogens is 308 g/mol. The van der Waals surface area contributed by atoms with Crippen LogP contribution < -0.4 is 11.1 Å². The Balaban J connectivity index is 2.04. The van der Waals surface area contributed by atoms with Crippen molar-refractivity contribution in [1.29, 1.82) is 0 Å². The van der Waals surface area contributed by atoms with E-state index in [1.807, 2.05) is 44.2 Å². The average Bonchev–Trinajstić information content (AvgIpc) is 2.58. The Kier molecular flexibility index (Phi) is 9.53. The molecule has 0 spiro atoms. The van der Waals surface area contributed by atoms with Crippen molar-refractivity contribution in [1.82, 2.24) is 5.32 Å². The first kappa shape index (κ1) is 20.0. The third kappa shape index (κ3) is 9.15. The highest BCUT2D eigenvalue weighted by Crippen LogP contribution is 2.03. The first-order valence-corrected chi connectivity index (χ1v) is 8.35. The van der Waals surface area contributed by atoms with Crippen LogP contribution in [0, 0.1) is 5.92 Å². The maximum atomic E-state index is 11.6. The Morgan fingerprint density at radius 1 is 1.12 bits per heavy atom. The lowest BCUT2D eigenvalue weighted by Gasteiger charge is -2.13. The van der Waals surface area contributed by atoms with E-state index in [1.165, 1.54) is 0 Å². The average molecular weight is 336 g/mol. The molecule has 6 heteroatoms. The lowest BCUT2D eigenvalue weighted by molar-refractivity contribution is -0.146. The first-order valence-electron chi connectivity index (χ1n) is 8.35. The molecule has 1 atom stereocenters. The Labute approximate surface area is 143 Å². The number of alkyl carbamates (subject to hydrolysis) is 1. The van der Waals surface area contributed by atoms with Gasteiger partial charge in [-0.1, -0.05) is 44.2 Å². The molecule has 1 aromatic carbocycles. The van der Waals surface area contributed by atoms with Gasteiger partial charge in [-0.2, -0.15) is 0 Å². The van der Waals surface area contributed by atoms with Crippen molar-refractivity contribution in [2.75, 3.05) is 13.2 Å². The van der Waals surface area contributed by atoms with Gasteiger partial charge in [0.05, 0.1) is 6.61 Å². The SMILES string of the molecule is CC(C)COC(=O)[C@@H](N)CCCCNC(=O)OCc1ccccc1. The van der Waals surface area contributed by atoms with E-state index < -0.39 is 12.1 Å². The molecule has 0 heterocycles. The van der Waals surface area contributed by atoms with Gasteiger partial charge in [-0.3, -0.25) is 4.79 Å². The number of unbranched alkanes of at least 4 members (excludes halogenated alkanes) is 1. The Bertz CT molecular complexity index is 491. The summed E-state index contributed by atoms with van der Waals surface area (Å²) in [6.45, 7) is 5.07. The Morgan fingerprint density at radius 2 is 1.83 bits per heavy atom. The number of carbonyl (C=O) groups is 2. The van der Waals surface area contributed by atoms with E-state index in [-0.39, 0.29) is 12.6 Å². The van der Waals surface area contributed by atoms with Crippen LogP contribution in [0.2, 0.25) is 0 Å². The van der Waals surface area contributed by atoms with Crippen LogP contribution in [0.5, 0.6) is 0 Å². The third-order valence-corrected chi connectivity index (χ3v) is 3.29. The summed E-state index contributed by atoms with van der Waals surface area (Å²) in [5.41, 5.74) is 6.71. The molecule has 3 N–H and O–H groups in total. The number of rotatable bonds is 10. The highest BCUT2D eigenvalue weighted by atomic mass is 16.5. The molecule has 0 aliphatic rings. The lowest BCUT2D eigenvalue weighted by atomic mass is 10.1. The van der Waals surface area contributed by atoms with Crippen molar-refractivity contribution in [2.45, 2.75) is 45.8 Å². The van der Waals surface area contributed by atoms with Gasteiger partial charge in [0.25, 0.3) is 0 Å². The maximum Gasteiger partial charge on any atom is 0.407 e. The van der Waals surface area contributed by atoms with Crippen LogP contribution in [-0.4, -0.2) is 31.3 Å². The number of ether oxygens (including phenoxy) is 2. The summed E-state index contributed by atoms with van der Waals surface area (Å²) in [5, 5.41) is 2.68. The van der Waals surface area contributed by atoms with Crippen LogP contribution in [0.15, 0.2) is 30.3 Å². The molecular formula is C18H28N2O4. The van der Waals surface area contributed by atoms with Crippen molar-refractivity contribution in [3.63, 3.8) is 0 Å². The van der Waals surface area contributed by atoms with Gasteiger partial charge in [-0.15, -0.1) is 0 Å².